The number of nitrogens with zero attached hydrogens (tertiary/aromatic N) is 2. The van der Waals surface area contributed by atoms with Crippen LogP contribution < -0.4 is 5.32 Å². The fourth-order valence-electron chi connectivity index (χ4n) is 3.93. The van der Waals surface area contributed by atoms with E-state index in [9.17, 15) is 14.4 Å². The summed E-state index contributed by atoms with van der Waals surface area (Å²) in [4.78, 5) is 41.6. The number of hydrogen-bond donors (Lipinski definition) is 1. The molecule has 2 atom stereocenters. The summed E-state index contributed by atoms with van der Waals surface area (Å²) < 4.78 is 5.31. The van der Waals surface area contributed by atoms with Crippen LogP contribution in [0.25, 0.3) is 0 Å². The number of carbonyl (C=O) groups excluding carboxylic acids is 3. The number of ether oxygens (including phenoxy) is 1. The molecule has 0 saturated carbocycles. The average Bonchev–Trinajstić information content (AvgIpc) is 2.81. The minimum Gasteiger partial charge on any atom is -0.465 e. The highest BCUT2D eigenvalue weighted by Gasteiger charge is 2.33. The molecule has 0 spiro atoms. The number of nitrogens with one attached hydrogen (secondary N) is 1. The van der Waals surface area contributed by atoms with E-state index in [0.29, 0.717) is 43.4 Å². The fourth-order valence-corrected chi connectivity index (χ4v) is 4.06. The number of rotatable bonds is 8. The van der Waals surface area contributed by atoms with Crippen LogP contribution in [0.2, 0.25) is 5.02 Å². The molecule has 1 aliphatic rings. The van der Waals surface area contributed by atoms with Gasteiger partial charge in [-0.15, -0.1) is 0 Å². The Morgan fingerprint density at radius 3 is 2.24 bits per heavy atom. The molecule has 2 unspecified atom stereocenters. The van der Waals surface area contributed by atoms with Crippen molar-refractivity contribution in [3.8, 4) is 0 Å². The van der Waals surface area contributed by atoms with Gasteiger partial charge in [0.15, 0.2) is 0 Å². The number of piperazine rings is 1. The van der Waals surface area contributed by atoms with Crippen molar-refractivity contribution < 1.29 is 19.1 Å². The van der Waals surface area contributed by atoms with Crippen molar-refractivity contribution in [2.24, 2.45) is 0 Å². The van der Waals surface area contributed by atoms with Crippen molar-refractivity contribution in [3.05, 3.63) is 70.7 Å². The lowest BCUT2D eigenvalue weighted by molar-refractivity contribution is -0.151. The van der Waals surface area contributed by atoms with E-state index in [-0.39, 0.29) is 30.2 Å². The van der Waals surface area contributed by atoms with Gasteiger partial charge in [-0.1, -0.05) is 41.9 Å². The maximum Gasteiger partial charge on any atom is 0.328 e. The van der Waals surface area contributed by atoms with Crippen LogP contribution in [0.15, 0.2) is 54.6 Å². The van der Waals surface area contributed by atoms with Crippen molar-refractivity contribution in [3.63, 3.8) is 0 Å². The Hall–Kier alpha value is -2.90. The molecule has 2 aromatic rings. The van der Waals surface area contributed by atoms with E-state index >= 15 is 0 Å². The van der Waals surface area contributed by atoms with Gasteiger partial charge in [0.25, 0.3) is 5.91 Å². The Morgan fingerprint density at radius 1 is 1.00 bits per heavy atom. The van der Waals surface area contributed by atoms with Crippen molar-refractivity contribution in [1.82, 2.24) is 15.1 Å². The van der Waals surface area contributed by atoms with Crippen molar-refractivity contribution in [2.45, 2.75) is 32.4 Å². The average molecular weight is 472 g/mol. The van der Waals surface area contributed by atoms with E-state index in [4.69, 9.17) is 16.3 Å². The van der Waals surface area contributed by atoms with Crippen LogP contribution in [-0.4, -0.2) is 66.4 Å². The van der Waals surface area contributed by atoms with Gasteiger partial charge in [-0.25, -0.2) is 4.79 Å². The van der Waals surface area contributed by atoms with Crippen LogP contribution >= 0.6 is 11.6 Å². The smallest absolute Gasteiger partial charge is 0.328 e. The summed E-state index contributed by atoms with van der Waals surface area (Å²) in [6.45, 7) is 6.00. The molecule has 7 nitrogen and oxygen atoms in total. The fraction of sp³-hybridized carbons (Fsp3) is 0.400. The molecule has 33 heavy (non-hydrogen) atoms. The molecule has 2 aromatic carbocycles. The lowest BCUT2D eigenvalue weighted by atomic mass is 10.0. The minimum atomic E-state index is -0.538. The first kappa shape index (κ1) is 24.7. The van der Waals surface area contributed by atoms with Gasteiger partial charge < -0.3 is 15.0 Å². The Labute approximate surface area is 199 Å². The molecule has 1 heterocycles. The van der Waals surface area contributed by atoms with Crippen molar-refractivity contribution in [1.29, 1.82) is 0 Å². The molecule has 2 amide bonds. The van der Waals surface area contributed by atoms with E-state index in [2.05, 4.69) is 5.32 Å². The summed E-state index contributed by atoms with van der Waals surface area (Å²) in [5.74, 6) is -0.521. The molecule has 8 heteroatoms. The second kappa shape index (κ2) is 11.8. The molecule has 3 rings (SSSR count). The highest BCUT2D eigenvalue weighted by Crippen LogP contribution is 2.25. The van der Waals surface area contributed by atoms with E-state index in [1.165, 1.54) is 0 Å². The Kier molecular flexibility index (Phi) is 8.86. The summed E-state index contributed by atoms with van der Waals surface area (Å²) in [5.41, 5.74) is 1.38. The molecule has 1 fully saturated rings. The summed E-state index contributed by atoms with van der Waals surface area (Å²) in [7, 11) is 0. The van der Waals surface area contributed by atoms with Crippen molar-refractivity contribution >= 4 is 29.4 Å². The first-order valence-corrected chi connectivity index (χ1v) is 11.6. The molecule has 0 aromatic heterocycles. The first-order chi connectivity index (χ1) is 15.9. The van der Waals surface area contributed by atoms with Crippen LogP contribution in [0.5, 0.6) is 0 Å². The third-order valence-corrected chi connectivity index (χ3v) is 5.87. The van der Waals surface area contributed by atoms with Gasteiger partial charge in [0.2, 0.25) is 5.91 Å². The van der Waals surface area contributed by atoms with Gasteiger partial charge >= 0.3 is 5.97 Å². The van der Waals surface area contributed by atoms with E-state index in [1.807, 2.05) is 30.0 Å². The highest BCUT2D eigenvalue weighted by atomic mass is 35.5. The molecule has 1 N–H and O–H groups in total. The van der Waals surface area contributed by atoms with Gasteiger partial charge in [0.1, 0.15) is 6.04 Å². The van der Waals surface area contributed by atoms with Gasteiger partial charge in [-0.05, 0) is 43.7 Å². The third kappa shape index (κ3) is 6.79. The zero-order valence-electron chi connectivity index (χ0n) is 19.0. The summed E-state index contributed by atoms with van der Waals surface area (Å²) in [6, 6.07) is 15.3. The largest absolute Gasteiger partial charge is 0.465 e. The second-order valence-electron chi connectivity index (χ2n) is 8.07. The number of carbonyl (C=O) groups is 3. The molecule has 1 aliphatic heterocycles. The molecule has 176 valence electrons. The maximum absolute atomic E-state index is 12.8. The van der Waals surface area contributed by atoms with Crippen LogP contribution in [0.1, 0.15) is 42.2 Å². The molecule has 1 saturated heterocycles. The van der Waals surface area contributed by atoms with Gasteiger partial charge in [0, 0.05) is 49.2 Å². The Balaban J connectivity index is 1.55. The second-order valence-corrected chi connectivity index (χ2v) is 8.50. The van der Waals surface area contributed by atoms with E-state index < -0.39 is 6.04 Å². The lowest BCUT2D eigenvalue weighted by Crippen LogP contribution is -2.52. The molecular weight excluding hydrogens is 442 g/mol. The lowest BCUT2D eigenvalue weighted by Gasteiger charge is -2.38. The quantitative estimate of drug-likeness (QED) is 0.597. The van der Waals surface area contributed by atoms with Gasteiger partial charge in [-0.2, -0.15) is 0 Å². The molecule has 0 radical (unpaired) electrons. The standard InChI is InChI=1S/C25H30ClN3O4/c1-3-33-25(32)23(19-9-11-21(26)12-10-19)29-15-13-28(14-16-29)22(30)17-18(2)27-24(31)20-7-5-4-6-8-20/h4-12,18,23H,3,13-17H2,1-2H3,(H,27,31). The number of benzene rings is 2. The summed E-state index contributed by atoms with van der Waals surface area (Å²) in [5, 5.41) is 3.48. The number of amides is 2. The topological polar surface area (TPSA) is 79.0 Å². The van der Waals surface area contributed by atoms with Gasteiger partial charge in [-0.3, -0.25) is 14.5 Å². The van der Waals surface area contributed by atoms with Crippen LogP contribution in [0, 0.1) is 0 Å². The number of esters is 1. The van der Waals surface area contributed by atoms with E-state index in [0.717, 1.165) is 5.56 Å². The monoisotopic (exact) mass is 471 g/mol. The molecule has 0 bridgehead atoms. The first-order valence-electron chi connectivity index (χ1n) is 11.2. The Morgan fingerprint density at radius 2 is 1.64 bits per heavy atom. The van der Waals surface area contributed by atoms with Crippen molar-refractivity contribution in [2.75, 3.05) is 32.8 Å². The van der Waals surface area contributed by atoms with Crippen LogP contribution in [0.4, 0.5) is 0 Å². The maximum atomic E-state index is 12.8. The van der Waals surface area contributed by atoms with E-state index in [1.54, 1.807) is 48.2 Å². The predicted molar refractivity (Wildman–Crippen MR) is 127 cm³/mol. The summed E-state index contributed by atoms with van der Waals surface area (Å²) in [6.07, 6.45) is 0.219. The molecule has 0 aliphatic carbocycles. The third-order valence-electron chi connectivity index (χ3n) is 5.62. The summed E-state index contributed by atoms with van der Waals surface area (Å²) >= 11 is 6.00. The number of halogens is 1. The highest BCUT2D eigenvalue weighted by molar-refractivity contribution is 6.30. The SMILES string of the molecule is CCOC(=O)C(c1ccc(Cl)cc1)N1CCN(C(=O)CC(C)NC(=O)c2ccccc2)CC1. The normalized spacial score (nSPS) is 16.0. The van der Waals surface area contributed by atoms with Crippen LogP contribution in [0.3, 0.4) is 0 Å². The Bertz CT molecular complexity index is 944. The minimum absolute atomic E-state index is 0.0188. The van der Waals surface area contributed by atoms with Gasteiger partial charge in [0.05, 0.1) is 6.61 Å². The zero-order valence-corrected chi connectivity index (χ0v) is 19.8. The van der Waals surface area contributed by atoms with Crippen LogP contribution in [-0.2, 0) is 14.3 Å². The predicted octanol–water partition coefficient (Wildman–Crippen LogP) is 3.30. The number of hydrogen-bond acceptors (Lipinski definition) is 5. The molecular formula is C25H30ClN3O4. The zero-order chi connectivity index (χ0) is 23.8.